The summed E-state index contributed by atoms with van der Waals surface area (Å²) in [5.41, 5.74) is -0.432. The SMILES string of the molecule is Cc1cn(Cc2nc(Cl)c3ccsc3n2)c(=O)[nH]c1=O. The second kappa shape index (κ2) is 4.84. The fraction of sp³-hybridized carbons (Fsp3) is 0.167. The number of rotatable bonds is 2. The Balaban J connectivity index is 2.07. The Morgan fingerprint density at radius 3 is 3.00 bits per heavy atom. The first kappa shape index (κ1) is 13.0. The quantitative estimate of drug-likeness (QED) is 0.728. The molecule has 3 rings (SSSR count). The summed E-state index contributed by atoms with van der Waals surface area (Å²) in [5.74, 6) is 0.429. The van der Waals surface area contributed by atoms with Crippen LogP contribution in [0.5, 0.6) is 0 Å². The van der Waals surface area contributed by atoms with Crippen LogP contribution in [-0.2, 0) is 6.54 Å². The third-order valence-electron chi connectivity index (χ3n) is 2.83. The van der Waals surface area contributed by atoms with Crippen LogP contribution >= 0.6 is 22.9 Å². The van der Waals surface area contributed by atoms with Crippen molar-refractivity contribution in [3.63, 3.8) is 0 Å². The van der Waals surface area contributed by atoms with Gasteiger partial charge in [0, 0.05) is 17.1 Å². The van der Waals surface area contributed by atoms with Crippen LogP contribution in [0.15, 0.2) is 27.2 Å². The fourth-order valence-electron chi connectivity index (χ4n) is 1.82. The monoisotopic (exact) mass is 308 g/mol. The molecule has 0 saturated carbocycles. The van der Waals surface area contributed by atoms with Crippen LogP contribution in [0.1, 0.15) is 11.4 Å². The number of nitrogens with one attached hydrogen (secondary N) is 1. The number of nitrogens with zero attached hydrogens (tertiary/aromatic N) is 3. The average Bonchev–Trinajstić information content (AvgIpc) is 2.85. The number of halogens is 1. The highest BCUT2D eigenvalue weighted by Gasteiger charge is 2.09. The highest BCUT2D eigenvalue weighted by molar-refractivity contribution is 7.16. The second-order valence-corrected chi connectivity index (χ2v) is 5.52. The Kier molecular flexibility index (Phi) is 3.15. The van der Waals surface area contributed by atoms with Crippen LogP contribution in [0, 0.1) is 6.92 Å². The summed E-state index contributed by atoms with van der Waals surface area (Å²) in [7, 11) is 0. The molecule has 0 saturated heterocycles. The number of fused-ring (bicyclic) bond motifs is 1. The fourth-order valence-corrected chi connectivity index (χ4v) is 2.91. The summed E-state index contributed by atoms with van der Waals surface area (Å²) in [6.07, 6.45) is 1.48. The summed E-state index contributed by atoms with van der Waals surface area (Å²) in [5, 5.41) is 3.04. The number of hydrogen-bond acceptors (Lipinski definition) is 5. The Hall–Kier alpha value is -1.99. The molecule has 0 fully saturated rings. The third-order valence-corrected chi connectivity index (χ3v) is 3.92. The maximum absolute atomic E-state index is 11.7. The van der Waals surface area contributed by atoms with Crippen LogP contribution in [0.2, 0.25) is 5.15 Å². The van der Waals surface area contributed by atoms with E-state index in [1.54, 1.807) is 6.92 Å². The van der Waals surface area contributed by atoms with Crippen molar-refractivity contribution >= 4 is 33.2 Å². The van der Waals surface area contributed by atoms with Gasteiger partial charge in [0.1, 0.15) is 9.98 Å². The van der Waals surface area contributed by atoms with E-state index in [0.717, 1.165) is 10.2 Å². The van der Waals surface area contributed by atoms with Gasteiger partial charge in [0.15, 0.2) is 5.82 Å². The van der Waals surface area contributed by atoms with Crippen molar-refractivity contribution in [1.82, 2.24) is 19.5 Å². The van der Waals surface area contributed by atoms with E-state index < -0.39 is 5.69 Å². The zero-order valence-electron chi connectivity index (χ0n) is 10.4. The first-order chi connectivity index (χ1) is 9.54. The van der Waals surface area contributed by atoms with Crippen LogP contribution in [0.25, 0.3) is 10.2 Å². The molecular weight excluding hydrogens is 300 g/mol. The summed E-state index contributed by atoms with van der Waals surface area (Å²) in [6.45, 7) is 1.79. The lowest BCUT2D eigenvalue weighted by Gasteiger charge is -2.05. The molecule has 0 unspecified atom stereocenters. The predicted octanol–water partition coefficient (Wildman–Crippen LogP) is 1.55. The van der Waals surface area contributed by atoms with E-state index in [2.05, 4.69) is 15.0 Å². The van der Waals surface area contributed by atoms with E-state index >= 15 is 0 Å². The van der Waals surface area contributed by atoms with E-state index in [0.29, 0.717) is 16.5 Å². The van der Waals surface area contributed by atoms with Gasteiger partial charge in [-0.15, -0.1) is 11.3 Å². The molecule has 102 valence electrons. The second-order valence-electron chi connectivity index (χ2n) is 4.27. The van der Waals surface area contributed by atoms with Crippen molar-refractivity contribution in [2.24, 2.45) is 0 Å². The molecule has 6 nitrogen and oxygen atoms in total. The van der Waals surface area contributed by atoms with Gasteiger partial charge in [0.25, 0.3) is 5.56 Å². The van der Waals surface area contributed by atoms with E-state index in [-0.39, 0.29) is 12.1 Å². The number of hydrogen-bond donors (Lipinski definition) is 1. The van der Waals surface area contributed by atoms with E-state index in [9.17, 15) is 9.59 Å². The van der Waals surface area contributed by atoms with Gasteiger partial charge in [-0.2, -0.15) is 0 Å². The van der Waals surface area contributed by atoms with Crippen LogP contribution < -0.4 is 11.2 Å². The molecular formula is C12H9ClN4O2S. The van der Waals surface area contributed by atoms with Gasteiger partial charge in [-0.1, -0.05) is 11.6 Å². The molecule has 0 aromatic carbocycles. The Morgan fingerprint density at radius 1 is 1.40 bits per heavy atom. The molecule has 3 aromatic heterocycles. The minimum Gasteiger partial charge on any atom is -0.293 e. The first-order valence-electron chi connectivity index (χ1n) is 5.74. The molecule has 0 bridgehead atoms. The number of thiophene rings is 1. The van der Waals surface area contributed by atoms with Crippen molar-refractivity contribution in [3.05, 3.63) is 55.0 Å². The van der Waals surface area contributed by atoms with Crippen molar-refractivity contribution in [1.29, 1.82) is 0 Å². The molecule has 0 spiro atoms. The van der Waals surface area contributed by atoms with Gasteiger partial charge in [0.2, 0.25) is 0 Å². The third kappa shape index (κ3) is 2.25. The Labute approximate surface area is 121 Å². The van der Waals surface area contributed by atoms with Crippen LogP contribution in [0.4, 0.5) is 0 Å². The minimum atomic E-state index is -0.494. The molecule has 0 aliphatic rings. The molecule has 0 atom stereocenters. The molecule has 3 heterocycles. The molecule has 0 amide bonds. The van der Waals surface area contributed by atoms with Gasteiger partial charge in [-0.05, 0) is 18.4 Å². The van der Waals surface area contributed by atoms with Gasteiger partial charge in [-0.25, -0.2) is 14.8 Å². The van der Waals surface area contributed by atoms with Gasteiger partial charge >= 0.3 is 5.69 Å². The smallest absolute Gasteiger partial charge is 0.293 e. The van der Waals surface area contributed by atoms with Gasteiger partial charge in [0.05, 0.1) is 6.54 Å². The highest BCUT2D eigenvalue weighted by atomic mass is 35.5. The van der Waals surface area contributed by atoms with Crippen molar-refractivity contribution in [2.75, 3.05) is 0 Å². The standard InChI is InChI=1S/C12H9ClN4O2S/c1-6-4-17(12(19)16-10(6)18)5-8-14-9(13)7-2-3-20-11(7)15-8/h2-4H,5H2,1H3,(H,16,18,19). The lowest BCUT2D eigenvalue weighted by Crippen LogP contribution is -2.31. The van der Waals surface area contributed by atoms with E-state index in [1.165, 1.54) is 22.1 Å². The zero-order chi connectivity index (χ0) is 14.3. The Morgan fingerprint density at radius 2 is 2.20 bits per heavy atom. The van der Waals surface area contributed by atoms with E-state index in [1.807, 2.05) is 11.4 Å². The van der Waals surface area contributed by atoms with Crippen LogP contribution in [0.3, 0.4) is 0 Å². The summed E-state index contributed by atoms with van der Waals surface area (Å²) < 4.78 is 1.35. The van der Waals surface area contributed by atoms with Gasteiger partial charge in [-0.3, -0.25) is 14.3 Å². The average molecular weight is 309 g/mol. The maximum atomic E-state index is 11.7. The maximum Gasteiger partial charge on any atom is 0.328 e. The van der Waals surface area contributed by atoms with Crippen molar-refractivity contribution in [3.8, 4) is 0 Å². The van der Waals surface area contributed by atoms with Crippen molar-refractivity contribution in [2.45, 2.75) is 13.5 Å². The Bertz CT molecular complexity index is 912. The van der Waals surface area contributed by atoms with Gasteiger partial charge < -0.3 is 0 Å². The molecule has 0 aliphatic heterocycles. The normalized spacial score (nSPS) is 11.1. The molecule has 0 radical (unpaired) electrons. The zero-order valence-corrected chi connectivity index (χ0v) is 12.0. The number of H-pyrrole nitrogens is 1. The summed E-state index contributed by atoms with van der Waals surface area (Å²) >= 11 is 7.53. The summed E-state index contributed by atoms with van der Waals surface area (Å²) in [4.78, 5) is 34.6. The largest absolute Gasteiger partial charge is 0.328 e. The predicted molar refractivity (Wildman–Crippen MR) is 77.6 cm³/mol. The summed E-state index contributed by atoms with van der Waals surface area (Å²) in [6, 6.07) is 1.85. The molecule has 3 aromatic rings. The van der Waals surface area contributed by atoms with Crippen molar-refractivity contribution < 1.29 is 0 Å². The molecule has 1 N–H and O–H groups in total. The number of aryl methyl sites for hydroxylation is 1. The molecule has 0 aliphatic carbocycles. The van der Waals surface area contributed by atoms with E-state index in [4.69, 9.17) is 11.6 Å². The first-order valence-corrected chi connectivity index (χ1v) is 7.00. The number of aromatic nitrogens is 4. The van der Waals surface area contributed by atoms with Crippen LogP contribution in [-0.4, -0.2) is 19.5 Å². The lowest BCUT2D eigenvalue weighted by atomic mass is 10.4. The lowest BCUT2D eigenvalue weighted by molar-refractivity contribution is 0.684. The molecule has 8 heteroatoms. The topological polar surface area (TPSA) is 80.6 Å². The highest BCUT2D eigenvalue weighted by Crippen LogP contribution is 2.24. The number of aromatic amines is 1. The minimum absolute atomic E-state index is 0.157. The molecule has 20 heavy (non-hydrogen) atoms.